The third-order valence-electron chi connectivity index (χ3n) is 3.64. The number of nitrogens with zero attached hydrogens (tertiary/aromatic N) is 4. The molecule has 2 heterocycles. The van der Waals surface area contributed by atoms with Gasteiger partial charge >= 0.3 is 5.69 Å². The number of hydrogen-bond acceptors (Lipinski definition) is 7. The number of nitrogens with two attached hydrogens (primary N) is 1. The Balaban J connectivity index is 2.28. The third kappa shape index (κ3) is 4.01. The van der Waals surface area contributed by atoms with E-state index in [1.54, 1.807) is 4.57 Å². The molecule has 0 bridgehead atoms. The summed E-state index contributed by atoms with van der Waals surface area (Å²) in [5.74, 6) is 0.359. The number of Topliss-reactive ketones (excluding diaryl/α,β-unsaturated/α-hetero) is 1. The SMILES string of the molecule is CCc1nnc(SCC(=O)c2c(N)n(CC(C)C)c(=O)[nH]c2=O)n1C. The molecule has 0 aliphatic rings. The van der Waals surface area contributed by atoms with Crippen molar-refractivity contribution in [2.75, 3.05) is 11.5 Å². The molecule has 2 rings (SSSR count). The summed E-state index contributed by atoms with van der Waals surface area (Å²) in [6.07, 6.45) is 0.727. The highest BCUT2D eigenvalue weighted by molar-refractivity contribution is 7.99. The third-order valence-corrected chi connectivity index (χ3v) is 4.66. The van der Waals surface area contributed by atoms with Crippen molar-refractivity contribution >= 4 is 23.4 Å². The maximum atomic E-state index is 12.5. The fraction of sp³-hybridized carbons (Fsp3) is 0.533. The van der Waals surface area contributed by atoms with Crippen molar-refractivity contribution in [3.05, 3.63) is 32.2 Å². The molecule has 0 radical (unpaired) electrons. The number of carbonyl (C=O) groups is 1. The summed E-state index contributed by atoms with van der Waals surface area (Å²) in [5.41, 5.74) is 4.38. The quantitative estimate of drug-likeness (QED) is 0.537. The molecule has 0 amide bonds. The molecule has 0 spiro atoms. The first-order chi connectivity index (χ1) is 11.8. The van der Waals surface area contributed by atoms with E-state index >= 15 is 0 Å². The van der Waals surface area contributed by atoms with Crippen LogP contribution in [0.1, 0.15) is 37.0 Å². The van der Waals surface area contributed by atoms with E-state index in [1.807, 2.05) is 27.8 Å². The second kappa shape index (κ2) is 7.68. The van der Waals surface area contributed by atoms with Gasteiger partial charge in [0, 0.05) is 20.0 Å². The van der Waals surface area contributed by atoms with Gasteiger partial charge in [0.2, 0.25) is 0 Å². The number of rotatable bonds is 7. The minimum absolute atomic E-state index is 0.0250. The lowest BCUT2D eigenvalue weighted by Gasteiger charge is -2.13. The van der Waals surface area contributed by atoms with Crippen LogP contribution in [0.15, 0.2) is 14.7 Å². The fourth-order valence-electron chi connectivity index (χ4n) is 2.38. The molecule has 0 fully saturated rings. The van der Waals surface area contributed by atoms with Crippen LogP contribution in [0.25, 0.3) is 0 Å². The Morgan fingerprint density at radius 2 is 2.00 bits per heavy atom. The smallest absolute Gasteiger partial charge is 0.329 e. The number of nitrogen functional groups attached to an aromatic ring is 1. The molecule has 10 heteroatoms. The molecule has 0 atom stereocenters. The summed E-state index contributed by atoms with van der Waals surface area (Å²) in [5, 5.41) is 8.62. The van der Waals surface area contributed by atoms with Crippen LogP contribution in [-0.4, -0.2) is 35.9 Å². The van der Waals surface area contributed by atoms with Gasteiger partial charge in [-0.2, -0.15) is 0 Å². The van der Waals surface area contributed by atoms with Gasteiger partial charge in [0.25, 0.3) is 5.56 Å². The van der Waals surface area contributed by atoms with Gasteiger partial charge in [-0.1, -0.05) is 32.5 Å². The topological polar surface area (TPSA) is 129 Å². The van der Waals surface area contributed by atoms with Crippen molar-refractivity contribution in [2.45, 2.75) is 38.9 Å². The zero-order valence-corrected chi connectivity index (χ0v) is 15.5. The van der Waals surface area contributed by atoms with Gasteiger partial charge in [-0.25, -0.2) is 4.79 Å². The lowest BCUT2D eigenvalue weighted by molar-refractivity contribution is 0.102. The number of carbonyl (C=O) groups excluding carboxylic acids is 1. The molecule has 0 aliphatic heterocycles. The van der Waals surface area contributed by atoms with Crippen LogP contribution in [0.5, 0.6) is 0 Å². The summed E-state index contributed by atoms with van der Waals surface area (Å²) in [4.78, 5) is 38.6. The lowest BCUT2D eigenvalue weighted by atomic mass is 10.2. The van der Waals surface area contributed by atoms with E-state index in [4.69, 9.17) is 5.73 Å². The van der Waals surface area contributed by atoms with Gasteiger partial charge in [0.1, 0.15) is 17.2 Å². The van der Waals surface area contributed by atoms with Crippen LogP contribution in [0.4, 0.5) is 5.82 Å². The largest absolute Gasteiger partial charge is 0.384 e. The highest BCUT2D eigenvalue weighted by atomic mass is 32.2. The number of aromatic amines is 1. The number of aromatic nitrogens is 5. The second-order valence-corrected chi connectivity index (χ2v) is 6.99. The molecule has 3 N–H and O–H groups in total. The molecule has 2 aromatic heterocycles. The van der Waals surface area contributed by atoms with Gasteiger partial charge in [-0.3, -0.25) is 19.1 Å². The van der Waals surface area contributed by atoms with E-state index in [9.17, 15) is 14.4 Å². The van der Waals surface area contributed by atoms with Crippen LogP contribution in [0.2, 0.25) is 0 Å². The van der Waals surface area contributed by atoms with E-state index in [2.05, 4.69) is 15.2 Å². The van der Waals surface area contributed by atoms with Gasteiger partial charge in [0.15, 0.2) is 10.9 Å². The van der Waals surface area contributed by atoms with E-state index in [1.165, 1.54) is 16.3 Å². The predicted octanol–water partition coefficient (Wildman–Crippen LogP) is 0.441. The van der Waals surface area contributed by atoms with E-state index < -0.39 is 17.0 Å². The number of hydrogen-bond donors (Lipinski definition) is 2. The molecular weight excluding hydrogens is 344 g/mol. The first-order valence-corrected chi connectivity index (χ1v) is 8.91. The first-order valence-electron chi connectivity index (χ1n) is 7.93. The average Bonchev–Trinajstić information content (AvgIpc) is 2.89. The Labute approximate surface area is 148 Å². The normalized spacial score (nSPS) is 11.2. The zero-order valence-electron chi connectivity index (χ0n) is 14.7. The molecular formula is C15H22N6O3S. The highest BCUT2D eigenvalue weighted by Crippen LogP contribution is 2.18. The van der Waals surface area contributed by atoms with E-state index in [-0.39, 0.29) is 23.1 Å². The summed E-state index contributed by atoms with van der Waals surface area (Å²) in [6, 6.07) is 0. The molecule has 25 heavy (non-hydrogen) atoms. The van der Waals surface area contributed by atoms with Crippen LogP contribution >= 0.6 is 11.8 Å². The molecule has 0 saturated carbocycles. The highest BCUT2D eigenvalue weighted by Gasteiger charge is 2.21. The number of nitrogens with one attached hydrogen (secondary N) is 1. The number of aryl methyl sites for hydroxylation is 1. The molecule has 9 nitrogen and oxygen atoms in total. The first kappa shape index (κ1) is 19.0. The van der Waals surface area contributed by atoms with Crippen LogP contribution in [0.3, 0.4) is 0 Å². The van der Waals surface area contributed by atoms with Gasteiger partial charge in [0.05, 0.1) is 5.75 Å². The Morgan fingerprint density at radius 1 is 1.32 bits per heavy atom. The maximum absolute atomic E-state index is 12.5. The Hall–Kier alpha value is -2.36. The number of ketones is 1. The van der Waals surface area contributed by atoms with Crippen molar-refractivity contribution in [1.82, 2.24) is 24.3 Å². The molecule has 2 aromatic rings. The van der Waals surface area contributed by atoms with Gasteiger partial charge in [-0.15, -0.1) is 10.2 Å². The van der Waals surface area contributed by atoms with E-state index in [0.717, 1.165) is 12.2 Å². The summed E-state index contributed by atoms with van der Waals surface area (Å²) in [6.45, 7) is 6.10. The second-order valence-electron chi connectivity index (χ2n) is 6.05. The van der Waals surface area contributed by atoms with Crippen molar-refractivity contribution < 1.29 is 4.79 Å². The zero-order chi connectivity index (χ0) is 18.7. The average molecular weight is 366 g/mol. The number of H-pyrrole nitrogens is 1. The summed E-state index contributed by atoms with van der Waals surface area (Å²) >= 11 is 1.17. The summed E-state index contributed by atoms with van der Waals surface area (Å²) in [7, 11) is 1.82. The minimum Gasteiger partial charge on any atom is -0.384 e. The molecule has 0 saturated heterocycles. The van der Waals surface area contributed by atoms with Crippen molar-refractivity contribution in [1.29, 1.82) is 0 Å². The number of thioether (sulfide) groups is 1. The predicted molar refractivity (Wildman–Crippen MR) is 96.0 cm³/mol. The van der Waals surface area contributed by atoms with Crippen molar-refractivity contribution in [3.63, 3.8) is 0 Å². The van der Waals surface area contributed by atoms with Crippen molar-refractivity contribution in [3.8, 4) is 0 Å². The molecule has 136 valence electrons. The number of anilines is 1. The van der Waals surface area contributed by atoms with Crippen LogP contribution < -0.4 is 17.0 Å². The van der Waals surface area contributed by atoms with Gasteiger partial charge < -0.3 is 10.3 Å². The molecule has 0 unspecified atom stereocenters. The van der Waals surface area contributed by atoms with Crippen LogP contribution in [-0.2, 0) is 20.0 Å². The van der Waals surface area contributed by atoms with Gasteiger partial charge in [-0.05, 0) is 5.92 Å². The molecule has 0 aromatic carbocycles. The summed E-state index contributed by atoms with van der Waals surface area (Å²) < 4.78 is 3.02. The lowest BCUT2D eigenvalue weighted by Crippen LogP contribution is -2.37. The monoisotopic (exact) mass is 366 g/mol. The Morgan fingerprint density at radius 3 is 2.56 bits per heavy atom. The standard InChI is InChI=1S/C15H22N6O3S/c1-5-10-18-19-15(20(10)4)25-7-9(22)11-12(16)21(6-8(2)3)14(24)17-13(11)23/h8H,5-7,16H2,1-4H3,(H,17,23,24). The Kier molecular flexibility index (Phi) is 5.83. The van der Waals surface area contributed by atoms with E-state index in [0.29, 0.717) is 11.7 Å². The van der Waals surface area contributed by atoms with Crippen molar-refractivity contribution in [2.24, 2.45) is 13.0 Å². The fourth-order valence-corrected chi connectivity index (χ4v) is 3.19. The minimum atomic E-state index is -0.764. The Bertz CT molecular complexity index is 896. The van der Waals surface area contributed by atoms with Crippen LogP contribution in [0, 0.1) is 5.92 Å². The molecule has 0 aliphatic carbocycles. The maximum Gasteiger partial charge on any atom is 0.329 e.